The van der Waals surface area contributed by atoms with Crippen LogP contribution >= 0.6 is 34.5 Å². The van der Waals surface area contributed by atoms with Gasteiger partial charge in [0.2, 0.25) is 0 Å². The minimum Gasteiger partial charge on any atom is -0.466 e. The van der Waals surface area contributed by atoms with Crippen molar-refractivity contribution in [3.8, 4) is 11.3 Å². The molecule has 12 heteroatoms. The molecular weight excluding hydrogens is 565 g/mol. The van der Waals surface area contributed by atoms with E-state index in [4.69, 9.17) is 32.4 Å². The molecule has 9 nitrogen and oxygen atoms in total. The lowest BCUT2D eigenvalue weighted by Gasteiger charge is -2.25. The number of carbonyl (C=O) groups excluding carboxylic acids is 1. The summed E-state index contributed by atoms with van der Waals surface area (Å²) >= 11 is 13.4. The Labute approximate surface area is 235 Å². The largest absolute Gasteiger partial charge is 0.466 e. The molecule has 5 rings (SSSR count). The molecule has 2 aromatic carbocycles. The molecule has 0 spiro atoms. The molecule has 0 bridgehead atoms. The van der Waals surface area contributed by atoms with E-state index in [-0.39, 0.29) is 32.6 Å². The van der Waals surface area contributed by atoms with Crippen LogP contribution in [0.4, 0.5) is 5.69 Å². The summed E-state index contributed by atoms with van der Waals surface area (Å²) in [5.41, 5.74) is 1.21. The van der Waals surface area contributed by atoms with Crippen LogP contribution in [-0.2, 0) is 9.53 Å². The number of hydrogen-bond donors (Lipinski definition) is 0. The number of allylic oxidation sites excluding steroid dienone is 1. The number of ether oxygens (including phenoxy) is 1. The number of rotatable bonds is 6. The maximum absolute atomic E-state index is 13.7. The topological polar surface area (TPSA) is 117 Å². The van der Waals surface area contributed by atoms with E-state index in [1.54, 1.807) is 18.2 Å². The Kier molecular flexibility index (Phi) is 7.26. The third-order valence-electron chi connectivity index (χ3n) is 6.16. The first kappa shape index (κ1) is 26.6. The maximum atomic E-state index is 13.7. The van der Waals surface area contributed by atoms with Crippen molar-refractivity contribution in [2.45, 2.75) is 19.4 Å². The Hall–Kier alpha value is -3.99. The van der Waals surface area contributed by atoms with Gasteiger partial charge in [0, 0.05) is 17.7 Å². The second-order valence-electron chi connectivity index (χ2n) is 8.44. The lowest BCUT2D eigenvalue weighted by Crippen LogP contribution is -2.40. The van der Waals surface area contributed by atoms with E-state index in [0.717, 1.165) is 16.9 Å². The molecule has 0 amide bonds. The predicted molar refractivity (Wildman–Crippen MR) is 148 cm³/mol. The van der Waals surface area contributed by atoms with Gasteiger partial charge in [0.1, 0.15) is 16.5 Å². The van der Waals surface area contributed by atoms with Crippen molar-refractivity contribution in [3.05, 3.63) is 117 Å². The zero-order valence-electron chi connectivity index (χ0n) is 20.5. The first-order valence-electron chi connectivity index (χ1n) is 11.6. The second-order valence-corrected chi connectivity index (χ2v) is 10.3. The van der Waals surface area contributed by atoms with Gasteiger partial charge in [-0.1, -0.05) is 71.8 Å². The molecule has 3 heterocycles. The minimum absolute atomic E-state index is 0.0904. The van der Waals surface area contributed by atoms with E-state index in [0.29, 0.717) is 32.8 Å². The van der Waals surface area contributed by atoms with Gasteiger partial charge in [0.05, 0.1) is 38.9 Å². The number of esters is 1. The van der Waals surface area contributed by atoms with Crippen LogP contribution in [0.3, 0.4) is 0 Å². The van der Waals surface area contributed by atoms with Crippen LogP contribution in [0.15, 0.2) is 80.1 Å². The number of nitro groups is 1. The third-order valence-corrected chi connectivity index (χ3v) is 7.76. The number of halogens is 2. The summed E-state index contributed by atoms with van der Waals surface area (Å²) in [6, 6.07) is 14.2. The molecule has 1 aliphatic rings. The highest BCUT2D eigenvalue weighted by molar-refractivity contribution is 7.07. The van der Waals surface area contributed by atoms with Crippen LogP contribution < -0.4 is 14.9 Å². The molecule has 0 N–H and O–H groups in total. The number of hydrogen-bond acceptors (Lipinski definition) is 8. The molecule has 198 valence electrons. The number of thiazole rings is 1. The van der Waals surface area contributed by atoms with Crippen LogP contribution in [0.1, 0.15) is 30.7 Å². The van der Waals surface area contributed by atoms with Crippen LogP contribution in [0.5, 0.6) is 0 Å². The molecule has 0 radical (unpaired) electrons. The second kappa shape index (κ2) is 10.6. The quantitative estimate of drug-likeness (QED) is 0.173. The zero-order valence-corrected chi connectivity index (χ0v) is 22.8. The summed E-state index contributed by atoms with van der Waals surface area (Å²) < 4.78 is 12.8. The molecule has 0 fully saturated rings. The summed E-state index contributed by atoms with van der Waals surface area (Å²) in [6.07, 6.45) is 2.02. The third kappa shape index (κ3) is 4.82. The number of methoxy groups -OCH3 is 1. The molecule has 1 atom stereocenters. The van der Waals surface area contributed by atoms with E-state index in [9.17, 15) is 19.7 Å². The lowest BCUT2D eigenvalue weighted by atomic mass is 9.95. The minimum atomic E-state index is -0.715. The fourth-order valence-corrected chi connectivity index (χ4v) is 5.93. The molecule has 2 aromatic heterocycles. The van der Waals surface area contributed by atoms with Crippen molar-refractivity contribution < 1.29 is 18.9 Å². The van der Waals surface area contributed by atoms with Crippen LogP contribution in [0.2, 0.25) is 10.0 Å². The normalized spacial score (nSPS) is 15.2. The number of furan rings is 1. The van der Waals surface area contributed by atoms with E-state index in [2.05, 4.69) is 4.99 Å². The number of benzene rings is 2. The van der Waals surface area contributed by atoms with Crippen molar-refractivity contribution >= 4 is 52.3 Å². The fraction of sp³-hybridized carbons (Fsp3) is 0.148. The Balaban J connectivity index is 1.65. The van der Waals surface area contributed by atoms with Crippen molar-refractivity contribution in [3.63, 3.8) is 0 Å². The SMILES string of the molecule is CCC1=C(C(=O)OC)[C@@H](c2ccccc2)n2c(s/c(=C\c3ccc(-c4cc([N+](=O)[O-])c(Cl)cc4Cl)o3)c2=O)=N1. The van der Waals surface area contributed by atoms with Gasteiger partial charge < -0.3 is 9.15 Å². The van der Waals surface area contributed by atoms with Gasteiger partial charge in [-0.05, 0) is 30.2 Å². The van der Waals surface area contributed by atoms with E-state index >= 15 is 0 Å². The van der Waals surface area contributed by atoms with Crippen molar-refractivity contribution in [1.29, 1.82) is 0 Å². The van der Waals surface area contributed by atoms with E-state index in [1.165, 1.54) is 23.8 Å². The number of nitrogens with zero attached hydrogens (tertiary/aromatic N) is 3. The average Bonchev–Trinajstić information content (AvgIpc) is 3.51. The van der Waals surface area contributed by atoms with Gasteiger partial charge in [-0.3, -0.25) is 19.5 Å². The van der Waals surface area contributed by atoms with Gasteiger partial charge in [0.25, 0.3) is 11.2 Å². The van der Waals surface area contributed by atoms with Crippen molar-refractivity contribution in [2.75, 3.05) is 7.11 Å². The Bertz CT molecular complexity index is 1840. The van der Waals surface area contributed by atoms with Crippen LogP contribution in [0, 0.1) is 10.1 Å². The highest BCUT2D eigenvalue weighted by atomic mass is 35.5. The Morgan fingerprint density at radius 1 is 1.21 bits per heavy atom. The van der Waals surface area contributed by atoms with Gasteiger partial charge >= 0.3 is 5.97 Å². The Morgan fingerprint density at radius 2 is 1.95 bits per heavy atom. The average molecular weight is 584 g/mol. The summed E-state index contributed by atoms with van der Waals surface area (Å²) in [6.45, 7) is 1.88. The molecule has 1 aliphatic heterocycles. The van der Waals surface area contributed by atoms with Gasteiger partial charge in [-0.2, -0.15) is 0 Å². The summed E-state index contributed by atoms with van der Waals surface area (Å²) in [7, 11) is 1.30. The molecule has 4 aromatic rings. The van der Waals surface area contributed by atoms with Gasteiger partial charge in [-0.15, -0.1) is 0 Å². The molecule has 0 saturated carbocycles. The van der Waals surface area contributed by atoms with Crippen LogP contribution in [0.25, 0.3) is 17.4 Å². The summed E-state index contributed by atoms with van der Waals surface area (Å²) in [5.74, 6) is 0.0358. The Morgan fingerprint density at radius 3 is 2.62 bits per heavy atom. The maximum Gasteiger partial charge on any atom is 0.338 e. The van der Waals surface area contributed by atoms with Gasteiger partial charge in [0.15, 0.2) is 4.80 Å². The fourth-order valence-electron chi connectivity index (χ4n) is 4.39. The van der Waals surface area contributed by atoms with Crippen molar-refractivity contribution in [1.82, 2.24) is 4.57 Å². The van der Waals surface area contributed by atoms with Crippen molar-refractivity contribution in [2.24, 2.45) is 4.99 Å². The van der Waals surface area contributed by atoms with E-state index < -0.39 is 16.9 Å². The smallest absolute Gasteiger partial charge is 0.338 e. The summed E-state index contributed by atoms with van der Waals surface area (Å²) in [4.78, 5) is 42.3. The molecule has 0 saturated heterocycles. The number of carbonyl (C=O) groups is 1. The first-order chi connectivity index (χ1) is 18.7. The monoisotopic (exact) mass is 583 g/mol. The predicted octanol–water partition coefficient (Wildman–Crippen LogP) is 5.27. The number of aromatic nitrogens is 1. The number of fused-ring (bicyclic) bond motifs is 1. The van der Waals surface area contributed by atoms with E-state index in [1.807, 2.05) is 37.3 Å². The van der Waals surface area contributed by atoms with Gasteiger partial charge in [-0.25, -0.2) is 9.79 Å². The molecule has 0 unspecified atom stereocenters. The highest BCUT2D eigenvalue weighted by Gasteiger charge is 2.33. The molecular formula is C27H19Cl2N3O6S. The molecule has 0 aliphatic carbocycles. The lowest BCUT2D eigenvalue weighted by molar-refractivity contribution is -0.384. The summed E-state index contributed by atoms with van der Waals surface area (Å²) in [5, 5.41) is 11.4. The first-order valence-corrected chi connectivity index (χ1v) is 13.2. The standard InChI is InChI=1S/C27H19Cl2N3O6S/c1-3-19-23(26(34)37-2)24(14-7-5-4-6-8-14)31-25(33)22(39-27(31)30-19)11-15-9-10-21(38-15)16-12-20(32(35)36)18(29)13-17(16)28/h4-13,24H,3H2,1-2H3/b22-11-/t24-/m1/s1. The highest BCUT2D eigenvalue weighted by Crippen LogP contribution is 2.37. The molecule has 39 heavy (non-hydrogen) atoms. The van der Waals surface area contributed by atoms with Crippen LogP contribution in [-0.4, -0.2) is 22.6 Å². The number of nitro benzene ring substituents is 1. The zero-order chi connectivity index (χ0) is 27.8.